The number of hydrogen-bond donors (Lipinski definition) is 2. The van der Waals surface area contributed by atoms with Crippen molar-refractivity contribution in [1.82, 2.24) is 9.88 Å². The number of nitrogens with zero attached hydrogens (tertiary/aromatic N) is 1. The van der Waals surface area contributed by atoms with Gasteiger partial charge in [-0.05, 0) is 62.7 Å². The van der Waals surface area contributed by atoms with Crippen LogP contribution in [0, 0.1) is 13.8 Å². The van der Waals surface area contributed by atoms with E-state index in [2.05, 4.69) is 36.3 Å². The maximum Gasteiger partial charge on any atom is 0.253 e. The third-order valence-corrected chi connectivity index (χ3v) is 6.49. The molecule has 2 aromatic carbocycles. The zero-order valence-electron chi connectivity index (χ0n) is 18.8. The molecule has 0 radical (unpaired) electrons. The van der Waals surface area contributed by atoms with Crippen molar-refractivity contribution < 1.29 is 14.2 Å². The molecule has 0 aliphatic carbocycles. The van der Waals surface area contributed by atoms with Gasteiger partial charge in [0.25, 0.3) is 5.56 Å². The van der Waals surface area contributed by atoms with Gasteiger partial charge in [-0.1, -0.05) is 17.7 Å². The van der Waals surface area contributed by atoms with Gasteiger partial charge in [-0.3, -0.25) is 4.79 Å². The number of nitrogens with one attached hydrogen (secondary N) is 2. The van der Waals surface area contributed by atoms with Gasteiger partial charge in [0.15, 0.2) is 16.6 Å². The molecule has 1 aromatic heterocycles. The van der Waals surface area contributed by atoms with E-state index in [4.69, 9.17) is 26.4 Å². The van der Waals surface area contributed by atoms with E-state index in [0.29, 0.717) is 35.3 Å². The number of H-pyrrole nitrogens is 1. The summed E-state index contributed by atoms with van der Waals surface area (Å²) in [5.41, 5.74) is 4.48. The quantitative estimate of drug-likeness (QED) is 0.546. The molecular weight excluding hydrogens is 438 g/mol. The second kappa shape index (κ2) is 9.03. The summed E-state index contributed by atoms with van der Waals surface area (Å²) in [7, 11) is 0. The predicted octanol–water partition coefficient (Wildman–Crippen LogP) is 4.25. The van der Waals surface area contributed by atoms with E-state index in [0.717, 1.165) is 41.6 Å². The van der Waals surface area contributed by atoms with Gasteiger partial charge in [0.2, 0.25) is 6.79 Å². The summed E-state index contributed by atoms with van der Waals surface area (Å²) in [6.07, 6.45) is 2.12. The van der Waals surface area contributed by atoms with Gasteiger partial charge in [-0.15, -0.1) is 0 Å². The Morgan fingerprint density at radius 1 is 1.18 bits per heavy atom. The number of fused-ring (bicyclic) bond motifs is 2. The summed E-state index contributed by atoms with van der Waals surface area (Å²) < 4.78 is 16.8. The van der Waals surface area contributed by atoms with Crippen molar-refractivity contribution in [2.45, 2.75) is 39.3 Å². The first-order valence-electron chi connectivity index (χ1n) is 11.2. The van der Waals surface area contributed by atoms with Crippen LogP contribution in [-0.2, 0) is 11.3 Å². The lowest BCUT2D eigenvalue weighted by molar-refractivity contribution is 0.0904. The second-order valence-corrected chi connectivity index (χ2v) is 9.07. The first kappa shape index (κ1) is 21.7. The van der Waals surface area contributed by atoms with Crippen LogP contribution in [0.3, 0.4) is 0 Å². The molecule has 33 heavy (non-hydrogen) atoms. The molecule has 0 amide bonds. The molecule has 172 valence electrons. The van der Waals surface area contributed by atoms with E-state index in [9.17, 15) is 4.79 Å². The van der Waals surface area contributed by atoms with Crippen LogP contribution in [0.4, 0.5) is 5.69 Å². The topological polar surface area (TPSA) is 75.8 Å². The third kappa shape index (κ3) is 4.67. The first-order chi connectivity index (χ1) is 16.0. The zero-order chi connectivity index (χ0) is 22.9. The Balaban J connectivity index is 1.43. The Morgan fingerprint density at radius 3 is 2.76 bits per heavy atom. The Morgan fingerprint density at radius 2 is 2.00 bits per heavy atom. The molecule has 1 atom stereocenters. The lowest BCUT2D eigenvalue weighted by Gasteiger charge is -2.28. The Kier molecular flexibility index (Phi) is 5.95. The van der Waals surface area contributed by atoms with Crippen molar-refractivity contribution in [3.05, 3.63) is 63.4 Å². The van der Waals surface area contributed by atoms with Crippen molar-refractivity contribution in [2.24, 2.45) is 0 Å². The van der Waals surface area contributed by atoms with Crippen LogP contribution in [0.1, 0.15) is 29.5 Å². The van der Waals surface area contributed by atoms with E-state index < -0.39 is 0 Å². The van der Waals surface area contributed by atoms with Crippen LogP contribution in [0.2, 0.25) is 0 Å². The summed E-state index contributed by atoms with van der Waals surface area (Å²) in [5.74, 6) is 1.33. The third-order valence-electron chi connectivity index (χ3n) is 6.13. The molecule has 1 fully saturated rings. The zero-order valence-corrected chi connectivity index (χ0v) is 19.6. The lowest BCUT2D eigenvalue weighted by Crippen LogP contribution is -2.40. The van der Waals surface area contributed by atoms with Crippen molar-refractivity contribution in [1.29, 1.82) is 0 Å². The van der Waals surface area contributed by atoms with Gasteiger partial charge in [-0.2, -0.15) is 0 Å². The number of hydrogen-bond acceptors (Lipinski definition) is 5. The minimum absolute atomic E-state index is 0.0946. The van der Waals surface area contributed by atoms with Crippen LogP contribution in [0.15, 0.2) is 41.2 Å². The van der Waals surface area contributed by atoms with Gasteiger partial charge in [0.05, 0.1) is 18.2 Å². The van der Waals surface area contributed by atoms with Crippen molar-refractivity contribution >= 4 is 33.9 Å². The maximum absolute atomic E-state index is 12.9. The standard InChI is InChI=1S/C25H27N3O4S/c1-15-5-6-20(16(2)8-15)27-25(33)28(13-19-4-3-7-30-19)12-18-9-17-10-22-23(32-14-31-22)11-21(17)26-24(18)29/h5-6,8-11,19H,3-4,7,12-14H2,1-2H3,(H,26,29)(H,27,33)/t19-/m0/s1. The normalized spacial score (nSPS) is 16.8. The number of aryl methyl sites for hydroxylation is 2. The van der Waals surface area contributed by atoms with Gasteiger partial charge in [-0.25, -0.2) is 0 Å². The number of aromatic nitrogens is 1. The van der Waals surface area contributed by atoms with Crippen LogP contribution < -0.4 is 20.3 Å². The van der Waals surface area contributed by atoms with Gasteiger partial charge in [0.1, 0.15) is 0 Å². The molecule has 0 unspecified atom stereocenters. The highest BCUT2D eigenvalue weighted by molar-refractivity contribution is 7.80. The van der Waals surface area contributed by atoms with Crippen molar-refractivity contribution in [2.75, 3.05) is 25.3 Å². The van der Waals surface area contributed by atoms with Gasteiger partial charge < -0.3 is 29.4 Å². The molecule has 0 saturated carbocycles. The fourth-order valence-corrected chi connectivity index (χ4v) is 4.61. The summed E-state index contributed by atoms with van der Waals surface area (Å²) >= 11 is 5.80. The first-order valence-corrected chi connectivity index (χ1v) is 11.6. The molecular formula is C25H27N3O4S. The number of rotatable bonds is 5. The Bertz CT molecular complexity index is 1270. The molecule has 1 saturated heterocycles. The molecule has 3 aromatic rings. The minimum Gasteiger partial charge on any atom is -0.454 e. The Hall–Kier alpha value is -3.10. The molecule has 2 aliphatic heterocycles. The predicted molar refractivity (Wildman–Crippen MR) is 132 cm³/mol. The highest BCUT2D eigenvalue weighted by Gasteiger charge is 2.23. The number of ether oxygens (including phenoxy) is 3. The fraction of sp³-hybridized carbons (Fsp3) is 0.360. The number of aromatic amines is 1. The lowest BCUT2D eigenvalue weighted by atomic mass is 10.1. The van der Waals surface area contributed by atoms with Crippen molar-refractivity contribution in [3.8, 4) is 11.5 Å². The highest BCUT2D eigenvalue weighted by atomic mass is 32.1. The highest BCUT2D eigenvalue weighted by Crippen LogP contribution is 2.35. The minimum atomic E-state index is -0.145. The molecule has 3 heterocycles. The SMILES string of the molecule is Cc1ccc(NC(=S)N(Cc2cc3cc4c(cc3[nH]c2=O)OCO4)C[C@@H]2CCCO2)c(C)c1. The number of benzene rings is 2. The van der Waals surface area contributed by atoms with E-state index in [1.54, 1.807) is 6.07 Å². The molecule has 2 aliphatic rings. The van der Waals surface area contributed by atoms with E-state index in [-0.39, 0.29) is 18.5 Å². The van der Waals surface area contributed by atoms with Crippen LogP contribution in [-0.4, -0.2) is 41.0 Å². The molecule has 5 rings (SSSR count). The summed E-state index contributed by atoms with van der Waals surface area (Å²) in [6.45, 7) is 6.07. The van der Waals surface area contributed by atoms with E-state index >= 15 is 0 Å². The fourth-order valence-electron chi connectivity index (χ4n) is 4.37. The van der Waals surface area contributed by atoms with Crippen LogP contribution >= 0.6 is 12.2 Å². The maximum atomic E-state index is 12.9. The number of pyridine rings is 1. The van der Waals surface area contributed by atoms with E-state index in [1.807, 2.05) is 23.1 Å². The average Bonchev–Trinajstić information content (AvgIpc) is 3.45. The molecule has 7 nitrogen and oxygen atoms in total. The van der Waals surface area contributed by atoms with Gasteiger partial charge in [0, 0.05) is 35.9 Å². The summed E-state index contributed by atoms with van der Waals surface area (Å²) in [6, 6.07) is 11.8. The molecule has 2 N–H and O–H groups in total. The number of anilines is 1. The molecule has 8 heteroatoms. The average molecular weight is 466 g/mol. The van der Waals surface area contributed by atoms with Gasteiger partial charge >= 0.3 is 0 Å². The summed E-state index contributed by atoms with van der Waals surface area (Å²) in [5, 5.41) is 4.84. The largest absolute Gasteiger partial charge is 0.454 e. The molecule has 0 bridgehead atoms. The molecule has 0 spiro atoms. The smallest absolute Gasteiger partial charge is 0.253 e. The van der Waals surface area contributed by atoms with Crippen LogP contribution in [0.5, 0.6) is 11.5 Å². The van der Waals surface area contributed by atoms with Crippen molar-refractivity contribution in [3.63, 3.8) is 0 Å². The Labute approximate surface area is 197 Å². The second-order valence-electron chi connectivity index (χ2n) is 8.68. The summed E-state index contributed by atoms with van der Waals surface area (Å²) in [4.78, 5) is 17.9. The monoisotopic (exact) mass is 465 g/mol. The number of thiocarbonyl (C=S) groups is 1. The van der Waals surface area contributed by atoms with Crippen LogP contribution in [0.25, 0.3) is 10.9 Å². The van der Waals surface area contributed by atoms with E-state index in [1.165, 1.54) is 5.56 Å².